The number of carbonyl (C=O) groups is 3. The van der Waals surface area contributed by atoms with Crippen LogP contribution in [0.25, 0.3) is 0 Å². The number of hydrogen-bond donors (Lipinski definition) is 3. The first-order valence-electron chi connectivity index (χ1n) is 8.97. The summed E-state index contributed by atoms with van der Waals surface area (Å²) in [4.78, 5) is 41.2. The van der Waals surface area contributed by atoms with Gasteiger partial charge in [-0.1, -0.05) is 24.3 Å². The summed E-state index contributed by atoms with van der Waals surface area (Å²) in [5.41, 5.74) is 1.17. The molecule has 0 saturated carbocycles. The van der Waals surface area contributed by atoms with Crippen molar-refractivity contribution in [3.8, 4) is 0 Å². The lowest BCUT2D eigenvalue weighted by Crippen LogP contribution is -2.35. The first kappa shape index (κ1) is 20.7. The standard InChI is InChI=1S/C20H20N4O3S2/c25-17(21-8-9-22-19(27)14-5-2-1-3-6-14)11-15-13-29-20(23-15)24-18(26)12-16-7-4-10-28-16/h1-7,10,13H,8-9,11-12H2,(H,21,25)(H,22,27)(H,23,24,26). The predicted octanol–water partition coefficient (Wildman–Crippen LogP) is 2.47. The molecule has 2 aromatic heterocycles. The second-order valence-corrected chi connectivity index (χ2v) is 7.99. The lowest BCUT2D eigenvalue weighted by atomic mass is 10.2. The van der Waals surface area contributed by atoms with Crippen LogP contribution in [-0.4, -0.2) is 35.8 Å². The van der Waals surface area contributed by atoms with Crippen LogP contribution in [0.1, 0.15) is 20.9 Å². The predicted molar refractivity (Wildman–Crippen MR) is 114 cm³/mol. The van der Waals surface area contributed by atoms with Crippen LogP contribution in [0.15, 0.2) is 53.2 Å². The Hall–Kier alpha value is -3.04. The first-order chi connectivity index (χ1) is 14.1. The van der Waals surface area contributed by atoms with Crippen molar-refractivity contribution in [2.24, 2.45) is 0 Å². The van der Waals surface area contributed by atoms with Crippen LogP contribution < -0.4 is 16.0 Å². The van der Waals surface area contributed by atoms with Gasteiger partial charge in [0.05, 0.1) is 18.5 Å². The lowest BCUT2D eigenvalue weighted by Gasteiger charge is -2.06. The van der Waals surface area contributed by atoms with Gasteiger partial charge in [-0.15, -0.1) is 22.7 Å². The van der Waals surface area contributed by atoms with E-state index in [0.717, 1.165) is 4.88 Å². The van der Waals surface area contributed by atoms with E-state index < -0.39 is 0 Å². The molecule has 0 aliphatic carbocycles. The summed E-state index contributed by atoms with van der Waals surface area (Å²) in [5.74, 6) is -0.505. The third-order valence-electron chi connectivity index (χ3n) is 3.82. The van der Waals surface area contributed by atoms with Crippen LogP contribution in [0.3, 0.4) is 0 Å². The van der Waals surface area contributed by atoms with Crippen LogP contribution in [-0.2, 0) is 22.4 Å². The highest BCUT2D eigenvalue weighted by Crippen LogP contribution is 2.17. The van der Waals surface area contributed by atoms with Crippen molar-refractivity contribution >= 4 is 45.5 Å². The summed E-state index contributed by atoms with van der Waals surface area (Å²) in [6.45, 7) is 0.659. The lowest BCUT2D eigenvalue weighted by molar-refractivity contribution is -0.120. The molecule has 2 heterocycles. The smallest absolute Gasteiger partial charge is 0.251 e. The molecule has 150 valence electrons. The number of thiophene rings is 1. The van der Waals surface area contributed by atoms with Crippen molar-refractivity contribution in [1.29, 1.82) is 0 Å². The number of amides is 3. The minimum atomic E-state index is -0.194. The number of hydrogen-bond acceptors (Lipinski definition) is 6. The molecule has 0 aliphatic heterocycles. The van der Waals surface area contributed by atoms with Gasteiger partial charge in [-0.05, 0) is 23.6 Å². The maximum Gasteiger partial charge on any atom is 0.251 e. The Morgan fingerprint density at radius 1 is 0.862 bits per heavy atom. The number of benzene rings is 1. The molecule has 0 atom stereocenters. The number of nitrogens with zero attached hydrogens (tertiary/aromatic N) is 1. The van der Waals surface area contributed by atoms with Crippen molar-refractivity contribution < 1.29 is 14.4 Å². The molecule has 29 heavy (non-hydrogen) atoms. The van der Waals surface area contributed by atoms with Crippen LogP contribution in [0.4, 0.5) is 5.13 Å². The Morgan fingerprint density at radius 2 is 1.66 bits per heavy atom. The van der Waals surface area contributed by atoms with E-state index in [2.05, 4.69) is 20.9 Å². The Bertz CT molecular complexity index is 955. The van der Waals surface area contributed by atoms with E-state index in [4.69, 9.17) is 0 Å². The highest BCUT2D eigenvalue weighted by atomic mass is 32.1. The van der Waals surface area contributed by atoms with E-state index in [1.54, 1.807) is 29.6 Å². The summed E-state index contributed by atoms with van der Waals surface area (Å²) in [5, 5.41) is 12.4. The molecule has 0 saturated heterocycles. The molecule has 9 heteroatoms. The van der Waals surface area contributed by atoms with Gasteiger partial charge in [0.15, 0.2) is 5.13 Å². The van der Waals surface area contributed by atoms with Crippen molar-refractivity contribution in [2.75, 3.05) is 18.4 Å². The van der Waals surface area contributed by atoms with Crippen molar-refractivity contribution in [1.82, 2.24) is 15.6 Å². The molecule has 3 aromatic rings. The Labute approximate surface area is 176 Å². The van der Waals surface area contributed by atoms with Crippen molar-refractivity contribution in [3.63, 3.8) is 0 Å². The number of aromatic nitrogens is 1. The summed E-state index contributed by atoms with van der Waals surface area (Å²) in [7, 11) is 0. The number of nitrogens with one attached hydrogen (secondary N) is 3. The Kier molecular flexibility index (Phi) is 7.48. The minimum Gasteiger partial charge on any atom is -0.354 e. The fourth-order valence-electron chi connectivity index (χ4n) is 2.48. The average Bonchev–Trinajstić information content (AvgIpc) is 3.38. The normalized spacial score (nSPS) is 10.3. The summed E-state index contributed by atoms with van der Waals surface area (Å²) < 4.78 is 0. The van der Waals surface area contributed by atoms with Crippen molar-refractivity contribution in [3.05, 3.63) is 69.4 Å². The summed E-state index contributed by atoms with van der Waals surface area (Å²) >= 11 is 2.81. The zero-order valence-electron chi connectivity index (χ0n) is 15.5. The molecule has 3 N–H and O–H groups in total. The van der Waals surface area contributed by atoms with Crippen LogP contribution in [0, 0.1) is 0 Å². The summed E-state index contributed by atoms with van der Waals surface area (Å²) in [6, 6.07) is 12.7. The van der Waals surface area contributed by atoms with Gasteiger partial charge in [0, 0.05) is 28.9 Å². The number of rotatable bonds is 9. The van der Waals surface area contributed by atoms with Gasteiger partial charge < -0.3 is 16.0 Å². The number of carbonyl (C=O) groups excluding carboxylic acids is 3. The highest BCUT2D eigenvalue weighted by molar-refractivity contribution is 7.14. The van der Waals surface area contributed by atoms with Gasteiger partial charge in [0.1, 0.15) is 0 Å². The van der Waals surface area contributed by atoms with Crippen LogP contribution in [0.5, 0.6) is 0 Å². The third-order valence-corrected chi connectivity index (χ3v) is 5.51. The SMILES string of the molecule is O=C(Cc1csc(NC(=O)Cc2cccs2)n1)NCCNC(=O)c1ccccc1. The molecule has 0 bridgehead atoms. The molecule has 1 aromatic carbocycles. The van der Waals surface area contributed by atoms with Crippen LogP contribution >= 0.6 is 22.7 Å². The molecule has 7 nitrogen and oxygen atoms in total. The molecular formula is C20H20N4O3S2. The van der Waals surface area contributed by atoms with E-state index in [0.29, 0.717) is 35.9 Å². The van der Waals surface area contributed by atoms with Crippen molar-refractivity contribution in [2.45, 2.75) is 12.8 Å². The topological polar surface area (TPSA) is 100 Å². The monoisotopic (exact) mass is 428 g/mol. The maximum atomic E-state index is 12.0. The molecular weight excluding hydrogens is 408 g/mol. The quantitative estimate of drug-likeness (QED) is 0.456. The van der Waals surface area contributed by atoms with Gasteiger partial charge in [0.2, 0.25) is 11.8 Å². The third kappa shape index (κ3) is 6.81. The van der Waals surface area contributed by atoms with E-state index in [1.165, 1.54) is 22.7 Å². The van der Waals surface area contributed by atoms with Gasteiger partial charge in [-0.25, -0.2) is 4.98 Å². The maximum absolute atomic E-state index is 12.0. The first-order valence-corrected chi connectivity index (χ1v) is 10.7. The second kappa shape index (κ2) is 10.5. The van der Waals surface area contributed by atoms with Gasteiger partial charge >= 0.3 is 0 Å². The minimum absolute atomic E-state index is 0.115. The second-order valence-electron chi connectivity index (χ2n) is 6.10. The van der Waals surface area contributed by atoms with E-state index in [1.807, 2.05) is 23.6 Å². The zero-order chi connectivity index (χ0) is 20.5. The van der Waals surface area contributed by atoms with Gasteiger partial charge in [-0.2, -0.15) is 0 Å². The molecule has 0 spiro atoms. The molecule has 0 aliphatic rings. The fourth-order valence-corrected chi connectivity index (χ4v) is 3.91. The largest absolute Gasteiger partial charge is 0.354 e. The molecule has 0 fully saturated rings. The summed E-state index contributed by atoms with van der Waals surface area (Å²) in [6.07, 6.45) is 0.422. The molecule has 0 unspecified atom stereocenters. The average molecular weight is 429 g/mol. The number of thiazole rings is 1. The van der Waals surface area contributed by atoms with E-state index in [9.17, 15) is 14.4 Å². The van der Waals surface area contributed by atoms with E-state index >= 15 is 0 Å². The van der Waals surface area contributed by atoms with Gasteiger partial charge in [-0.3, -0.25) is 14.4 Å². The fraction of sp³-hybridized carbons (Fsp3) is 0.200. The zero-order valence-corrected chi connectivity index (χ0v) is 17.1. The Balaban J connectivity index is 1.35. The van der Waals surface area contributed by atoms with Gasteiger partial charge in [0.25, 0.3) is 5.91 Å². The highest BCUT2D eigenvalue weighted by Gasteiger charge is 2.11. The molecule has 0 radical (unpaired) electrons. The Morgan fingerprint density at radius 3 is 2.41 bits per heavy atom. The van der Waals surface area contributed by atoms with E-state index in [-0.39, 0.29) is 24.1 Å². The molecule has 3 rings (SSSR count). The number of anilines is 1. The van der Waals surface area contributed by atoms with Crippen LogP contribution in [0.2, 0.25) is 0 Å². The molecule has 3 amide bonds.